The van der Waals surface area contributed by atoms with Crippen LogP contribution in [0.25, 0.3) is 11.4 Å². The summed E-state index contributed by atoms with van der Waals surface area (Å²) in [6.07, 6.45) is 4.22. The van der Waals surface area contributed by atoms with Crippen molar-refractivity contribution in [2.75, 3.05) is 31.1 Å². The van der Waals surface area contributed by atoms with Gasteiger partial charge in [0.2, 0.25) is 5.91 Å². The molecule has 0 saturated carbocycles. The highest BCUT2D eigenvalue weighted by atomic mass is 16.2. The Bertz CT molecular complexity index is 857. The molecule has 0 spiro atoms. The number of nitrogens with zero attached hydrogens (tertiary/aromatic N) is 4. The molecule has 2 aromatic rings. The van der Waals surface area contributed by atoms with Crippen molar-refractivity contribution in [2.45, 2.75) is 66.2 Å². The number of benzene rings is 1. The summed E-state index contributed by atoms with van der Waals surface area (Å²) >= 11 is 0. The fraction of sp³-hybridized carbons (Fsp3) is 0.577. The number of hydrogen-bond donors (Lipinski definition) is 0. The molecule has 31 heavy (non-hydrogen) atoms. The molecule has 3 rings (SSSR count). The van der Waals surface area contributed by atoms with Crippen molar-refractivity contribution < 1.29 is 4.79 Å². The molecule has 0 bridgehead atoms. The highest BCUT2D eigenvalue weighted by Gasteiger charge is 2.28. The van der Waals surface area contributed by atoms with Crippen LogP contribution in [0.3, 0.4) is 0 Å². The fourth-order valence-corrected chi connectivity index (χ4v) is 4.55. The zero-order valence-electron chi connectivity index (χ0n) is 19.9. The summed E-state index contributed by atoms with van der Waals surface area (Å²) < 4.78 is 0. The third kappa shape index (κ3) is 5.44. The number of carbonyl (C=O) groups is 1. The highest BCUT2D eigenvalue weighted by molar-refractivity contribution is 5.79. The quantitative estimate of drug-likeness (QED) is 0.568. The number of hydrogen-bond acceptors (Lipinski definition) is 4. The van der Waals surface area contributed by atoms with E-state index in [2.05, 4.69) is 56.6 Å². The zero-order chi connectivity index (χ0) is 22.4. The van der Waals surface area contributed by atoms with Crippen molar-refractivity contribution in [1.82, 2.24) is 14.9 Å². The normalized spacial score (nSPS) is 15.4. The Morgan fingerprint density at radius 1 is 1.03 bits per heavy atom. The summed E-state index contributed by atoms with van der Waals surface area (Å²) in [5.74, 6) is 2.67. The maximum absolute atomic E-state index is 13.0. The molecule has 0 aliphatic carbocycles. The Balaban J connectivity index is 1.80. The minimum Gasteiger partial charge on any atom is -0.353 e. The molecule has 1 amide bonds. The second-order valence-electron chi connectivity index (χ2n) is 8.95. The molecule has 1 aromatic heterocycles. The Labute approximate surface area is 187 Å². The van der Waals surface area contributed by atoms with Gasteiger partial charge in [-0.2, -0.15) is 0 Å². The summed E-state index contributed by atoms with van der Waals surface area (Å²) in [4.78, 5) is 27.3. The van der Waals surface area contributed by atoms with Crippen LogP contribution in [-0.4, -0.2) is 47.0 Å². The number of rotatable bonds is 8. The molecule has 1 atom stereocenters. The molecule has 5 nitrogen and oxygen atoms in total. The van der Waals surface area contributed by atoms with E-state index in [4.69, 9.17) is 9.97 Å². The first kappa shape index (κ1) is 23.2. The standard InChI is InChI=1S/C26H38N4O/c1-6-8-12-21(7-2)26(31)30-17-15-29(16-18-30)25-23(19(3)4)20(5)27-24(28-25)22-13-10-9-11-14-22/h9-11,13-14,19,21H,6-8,12,15-18H2,1-5H3. The topological polar surface area (TPSA) is 49.3 Å². The van der Waals surface area contributed by atoms with Crippen LogP contribution in [0.1, 0.15) is 70.6 Å². The average Bonchev–Trinajstić information content (AvgIpc) is 2.79. The smallest absolute Gasteiger partial charge is 0.225 e. The second-order valence-corrected chi connectivity index (χ2v) is 8.95. The van der Waals surface area contributed by atoms with E-state index >= 15 is 0 Å². The Morgan fingerprint density at radius 3 is 2.29 bits per heavy atom. The summed E-state index contributed by atoms with van der Waals surface area (Å²) in [6, 6.07) is 10.2. The molecule has 1 unspecified atom stereocenters. The summed E-state index contributed by atoms with van der Waals surface area (Å²) in [5, 5.41) is 0. The lowest BCUT2D eigenvalue weighted by molar-refractivity contribution is -0.136. The zero-order valence-corrected chi connectivity index (χ0v) is 19.9. The molecule has 5 heteroatoms. The molecule has 0 N–H and O–H groups in total. The van der Waals surface area contributed by atoms with Gasteiger partial charge in [0.15, 0.2) is 5.82 Å². The summed E-state index contributed by atoms with van der Waals surface area (Å²) in [5.41, 5.74) is 3.30. The maximum atomic E-state index is 13.0. The summed E-state index contributed by atoms with van der Waals surface area (Å²) in [7, 11) is 0. The Morgan fingerprint density at radius 2 is 1.71 bits per heavy atom. The molecule has 1 aliphatic rings. The second kappa shape index (κ2) is 10.7. The predicted octanol–water partition coefficient (Wildman–Crippen LogP) is 5.44. The van der Waals surface area contributed by atoms with Gasteiger partial charge < -0.3 is 9.80 Å². The van der Waals surface area contributed by atoms with E-state index in [9.17, 15) is 4.79 Å². The van der Waals surface area contributed by atoms with Gasteiger partial charge in [-0.3, -0.25) is 4.79 Å². The third-order valence-corrected chi connectivity index (χ3v) is 6.36. The van der Waals surface area contributed by atoms with Crippen LogP contribution in [0.4, 0.5) is 5.82 Å². The third-order valence-electron chi connectivity index (χ3n) is 6.36. The number of amides is 1. The first-order valence-electron chi connectivity index (χ1n) is 11.9. The van der Waals surface area contributed by atoms with Crippen molar-refractivity contribution in [3.8, 4) is 11.4 Å². The first-order valence-corrected chi connectivity index (χ1v) is 11.9. The van der Waals surface area contributed by atoms with E-state index < -0.39 is 0 Å². The van der Waals surface area contributed by atoms with Crippen LogP contribution in [0.2, 0.25) is 0 Å². The van der Waals surface area contributed by atoms with Gasteiger partial charge in [0.25, 0.3) is 0 Å². The predicted molar refractivity (Wildman–Crippen MR) is 128 cm³/mol. The van der Waals surface area contributed by atoms with E-state index in [0.29, 0.717) is 11.8 Å². The molecule has 1 aliphatic heterocycles. The number of carbonyl (C=O) groups excluding carboxylic acids is 1. The molecule has 1 aromatic carbocycles. The number of anilines is 1. The van der Waals surface area contributed by atoms with Crippen LogP contribution >= 0.6 is 0 Å². The van der Waals surface area contributed by atoms with Gasteiger partial charge in [-0.05, 0) is 25.7 Å². The van der Waals surface area contributed by atoms with Crippen molar-refractivity contribution in [1.29, 1.82) is 0 Å². The highest BCUT2D eigenvalue weighted by Crippen LogP contribution is 2.31. The van der Waals surface area contributed by atoms with E-state index in [-0.39, 0.29) is 5.92 Å². The van der Waals surface area contributed by atoms with Crippen LogP contribution in [0.15, 0.2) is 30.3 Å². The molecule has 1 saturated heterocycles. The molecular formula is C26H38N4O. The molecule has 2 heterocycles. The van der Waals surface area contributed by atoms with Crippen molar-refractivity contribution in [3.63, 3.8) is 0 Å². The van der Waals surface area contributed by atoms with Gasteiger partial charge in [-0.1, -0.05) is 70.9 Å². The van der Waals surface area contributed by atoms with Crippen molar-refractivity contribution in [3.05, 3.63) is 41.6 Å². The van der Waals surface area contributed by atoms with Gasteiger partial charge >= 0.3 is 0 Å². The van der Waals surface area contributed by atoms with Crippen LogP contribution < -0.4 is 4.90 Å². The Hall–Kier alpha value is -2.43. The SMILES string of the molecule is CCCCC(CC)C(=O)N1CCN(c2nc(-c3ccccc3)nc(C)c2C(C)C)CC1. The van der Waals surface area contributed by atoms with E-state index in [1.807, 2.05) is 18.2 Å². The maximum Gasteiger partial charge on any atom is 0.225 e. The lowest BCUT2D eigenvalue weighted by atomic mass is 9.97. The lowest BCUT2D eigenvalue weighted by Gasteiger charge is -2.38. The van der Waals surface area contributed by atoms with Crippen LogP contribution in [0.5, 0.6) is 0 Å². The molecular weight excluding hydrogens is 384 g/mol. The van der Waals surface area contributed by atoms with Gasteiger partial charge in [-0.25, -0.2) is 9.97 Å². The van der Waals surface area contributed by atoms with Crippen LogP contribution in [0, 0.1) is 12.8 Å². The van der Waals surface area contributed by atoms with Gasteiger partial charge in [0.1, 0.15) is 5.82 Å². The number of aromatic nitrogens is 2. The molecule has 0 radical (unpaired) electrons. The van der Waals surface area contributed by atoms with Gasteiger partial charge in [0.05, 0.1) is 0 Å². The molecule has 168 valence electrons. The minimum absolute atomic E-state index is 0.170. The van der Waals surface area contributed by atoms with E-state index in [0.717, 1.165) is 74.8 Å². The number of aryl methyl sites for hydroxylation is 1. The van der Waals surface area contributed by atoms with Gasteiger partial charge in [0, 0.05) is 48.9 Å². The van der Waals surface area contributed by atoms with Crippen LogP contribution in [-0.2, 0) is 4.79 Å². The summed E-state index contributed by atoms with van der Waals surface area (Å²) in [6.45, 7) is 14.0. The largest absolute Gasteiger partial charge is 0.353 e. The van der Waals surface area contributed by atoms with Crippen molar-refractivity contribution in [2.24, 2.45) is 5.92 Å². The number of piperazine rings is 1. The van der Waals surface area contributed by atoms with Crippen molar-refractivity contribution >= 4 is 11.7 Å². The minimum atomic E-state index is 0.170. The van der Waals surface area contributed by atoms with E-state index in [1.54, 1.807) is 0 Å². The number of unbranched alkanes of at least 4 members (excludes halogenated alkanes) is 1. The lowest BCUT2D eigenvalue weighted by Crippen LogP contribution is -2.51. The first-order chi connectivity index (χ1) is 15.0. The fourth-order valence-electron chi connectivity index (χ4n) is 4.55. The van der Waals surface area contributed by atoms with Gasteiger partial charge in [-0.15, -0.1) is 0 Å². The average molecular weight is 423 g/mol. The Kier molecular flexibility index (Phi) is 8.05. The monoisotopic (exact) mass is 422 g/mol. The van der Waals surface area contributed by atoms with E-state index in [1.165, 1.54) is 5.56 Å². The molecule has 1 fully saturated rings.